The molecule has 1 rings (SSSR count). The molecule has 1 saturated heterocycles. The summed E-state index contributed by atoms with van der Waals surface area (Å²) in [6.45, 7) is 22.2. The Morgan fingerprint density at radius 3 is 2.08 bits per heavy atom. The summed E-state index contributed by atoms with van der Waals surface area (Å²) < 4.78 is 5.48. The van der Waals surface area contributed by atoms with Crippen molar-refractivity contribution in [1.82, 2.24) is 9.80 Å². The molecule has 198 valence electrons. The van der Waals surface area contributed by atoms with Crippen LogP contribution in [-0.4, -0.2) is 60.0 Å². The maximum absolute atomic E-state index is 11.4. The molecular weight excluding hydrogens is 448 g/mol. The van der Waals surface area contributed by atoms with Crippen LogP contribution >= 0.6 is 0 Å². The smallest absolute Gasteiger partial charge is 0.278 e. The van der Waals surface area contributed by atoms with E-state index in [1.807, 2.05) is 43.2 Å². The van der Waals surface area contributed by atoms with E-state index in [1.54, 1.807) is 0 Å². The van der Waals surface area contributed by atoms with Crippen LogP contribution in [0.3, 0.4) is 0 Å². The number of aliphatic imine (C=N–C) groups is 2. The lowest BCUT2D eigenvalue weighted by atomic mass is 9.89. The maximum atomic E-state index is 11.4. The second kappa shape index (κ2) is 16.5. The quantitative estimate of drug-likeness (QED) is 0.132. The summed E-state index contributed by atoms with van der Waals surface area (Å²) in [4.78, 5) is 25.4. The molecule has 0 atom stereocenters. The van der Waals surface area contributed by atoms with Crippen LogP contribution in [0.25, 0.3) is 0 Å². The second-order valence-corrected chi connectivity index (χ2v) is 8.70. The van der Waals surface area contributed by atoms with Crippen LogP contribution in [0, 0.1) is 0 Å². The summed E-state index contributed by atoms with van der Waals surface area (Å²) in [7, 11) is 0. The van der Waals surface area contributed by atoms with E-state index in [1.165, 1.54) is 11.1 Å². The van der Waals surface area contributed by atoms with Crippen molar-refractivity contribution in [2.45, 2.75) is 75.2 Å². The van der Waals surface area contributed by atoms with Gasteiger partial charge in [0.15, 0.2) is 5.94 Å². The Bertz CT molecular complexity index is 994. The third-order valence-corrected chi connectivity index (χ3v) is 6.43. The third-order valence-electron chi connectivity index (χ3n) is 6.43. The first-order valence-electron chi connectivity index (χ1n) is 13.1. The summed E-state index contributed by atoms with van der Waals surface area (Å²) >= 11 is 0. The van der Waals surface area contributed by atoms with Crippen LogP contribution in [0.4, 0.5) is 0 Å². The fraction of sp³-hybridized carbons (Fsp3) is 0.533. The Balaban J connectivity index is 3.64. The molecule has 0 aromatic rings. The number of hydrogen-bond donors (Lipinski definition) is 0. The molecule has 6 nitrogen and oxygen atoms in total. The Kier molecular flexibility index (Phi) is 14.2. The van der Waals surface area contributed by atoms with Gasteiger partial charge in [-0.25, -0.2) is 4.79 Å². The van der Waals surface area contributed by atoms with Gasteiger partial charge in [0.25, 0.3) is 5.88 Å². The molecule has 1 heterocycles. The minimum atomic E-state index is 0.298. The van der Waals surface area contributed by atoms with Gasteiger partial charge < -0.3 is 14.5 Å². The van der Waals surface area contributed by atoms with E-state index in [0.29, 0.717) is 25.6 Å². The van der Waals surface area contributed by atoms with Gasteiger partial charge >= 0.3 is 0 Å². The van der Waals surface area contributed by atoms with Crippen LogP contribution in [0.2, 0.25) is 0 Å². The highest BCUT2D eigenvalue weighted by atomic mass is 16.5. The molecule has 0 radical (unpaired) electrons. The lowest BCUT2D eigenvalue weighted by Gasteiger charge is -2.38. The largest absolute Gasteiger partial charge is 0.471 e. The summed E-state index contributed by atoms with van der Waals surface area (Å²) in [6, 6.07) is 0. The zero-order valence-electron chi connectivity index (χ0n) is 23.9. The van der Waals surface area contributed by atoms with Crippen LogP contribution in [-0.2, 0) is 9.53 Å². The van der Waals surface area contributed by atoms with Crippen molar-refractivity contribution in [3.05, 3.63) is 64.5 Å². The van der Waals surface area contributed by atoms with Gasteiger partial charge in [-0.1, -0.05) is 37.6 Å². The zero-order chi connectivity index (χ0) is 27.1. The Morgan fingerprint density at radius 2 is 1.58 bits per heavy atom. The fourth-order valence-electron chi connectivity index (χ4n) is 4.10. The molecule has 0 spiro atoms. The Labute approximate surface area is 219 Å². The topological polar surface area (TPSA) is 57.5 Å². The molecule has 0 aliphatic carbocycles. The monoisotopic (exact) mass is 494 g/mol. The van der Waals surface area contributed by atoms with Gasteiger partial charge in [0.2, 0.25) is 0 Å². The van der Waals surface area contributed by atoms with Gasteiger partial charge in [-0.3, -0.25) is 9.98 Å². The molecule has 36 heavy (non-hydrogen) atoms. The van der Waals surface area contributed by atoms with E-state index >= 15 is 0 Å². The molecule has 0 amide bonds. The number of rotatable bonds is 12. The lowest BCUT2D eigenvalue weighted by Crippen LogP contribution is -2.46. The second-order valence-electron chi connectivity index (χ2n) is 8.70. The summed E-state index contributed by atoms with van der Waals surface area (Å²) in [5, 5.41) is 0. The summed E-state index contributed by atoms with van der Waals surface area (Å²) in [6.07, 6.45) is 11.8. The average molecular weight is 495 g/mol. The molecule has 0 unspecified atom stereocenters. The van der Waals surface area contributed by atoms with Gasteiger partial charge in [0.1, 0.15) is 0 Å². The van der Waals surface area contributed by atoms with Gasteiger partial charge in [-0.05, 0) is 66.9 Å². The van der Waals surface area contributed by atoms with Gasteiger partial charge in [0.05, 0.1) is 12.3 Å². The molecule has 0 aromatic carbocycles. The highest BCUT2D eigenvalue weighted by molar-refractivity contribution is 6.22. The molecule has 0 saturated carbocycles. The molecule has 6 heteroatoms. The van der Waals surface area contributed by atoms with Crippen molar-refractivity contribution < 1.29 is 9.53 Å². The van der Waals surface area contributed by atoms with Gasteiger partial charge in [0, 0.05) is 61.1 Å². The highest BCUT2D eigenvalue weighted by Crippen LogP contribution is 2.27. The predicted octanol–water partition coefficient (Wildman–Crippen LogP) is 6.64. The van der Waals surface area contributed by atoms with E-state index in [2.05, 4.69) is 65.5 Å². The standard InChI is InChI=1S/C30H46N4O2/c1-10-15-17-31-25(8)29(27(13-4)30(32-16-11-2)24(7)23(6)12-3)26(9)33-18-20-34(21-19-33)28(22-35)36-14-5/h11,13,15-17H,10,12,14,18-21H2,1-9H3/b16-11-,17-15+,24-23+,27-13+,29-26?,31-25-,32-30+. The number of ether oxygens (including phenoxy) is 1. The fourth-order valence-corrected chi connectivity index (χ4v) is 4.10. The molecule has 1 fully saturated rings. The van der Waals surface area contributed by atoms with Crippen LogP contribution in [0.1, 0.15) is 75.2 Å². The summed E-state index contributed by atoms with van der Waals surface area (Å²) in [5.74, 6) is 2.25. The molecule has 0 aromatic heterocycles. The van der Waals surface area contributed by atoms with Crippen LogP contribution < -0.4 is 0 Å². The van der Waals surface area contributed by atoms with E-state index in [4.69, 9.17) is 14.7 Å². The van der Waals surface area contributed by atoms with Crippen molar-refractivity contribution in [2.24, 2.45) is 9.98 Å². The molecule has 1 aliphatic heterocycles. The van der Waals surface area contributed by atoms with Gasteiger partial charge in [-0.2, -0.15) is 0 Å². The minimum absolute atomic E-state index is 0.298. The number of allylic oxidation sites excluding steroid dienone is 8. The zero-order valence-corrected chi connectivity index (χ0v) is 23.9. The number of nitrogens with zero attached hydrogens (tertiary/aromatic N) is 4. The first-order chi connectivity index (χ1) is 17.3. The molecule has 0 bridgehead atoms. The maximum Gasteiger partial charge on any atom is 0.278 e. The first-order valence-corrected chi connectivity index (χ1v) is 13.1. The Morgan fingerprint density at radius 1 is 0.944 bits per heavy atom. The molecular formula is C30H46N4O2. The van der Waals surface area contributed by atoms with Crippen molar-refractivity contribution >= 4 is 17.4 Å². The van der Waals surface area contributed by atoms with Crippen molar-refractivity contribution in [3.63, 3.8) is 0 Å². The normalized spacial score (nSPS) is 17.4. The van der Waals surface area contributed by atoms with Crippen LogP contribution in [0.15, 0.2) is 74.5 Å². The molecule has 0 N–H and O–H groups in total. The van der Waals surface area contributed by atoms with Crippen molar-refractivity contribution in [2.75, 3.05) is 32.8 Å². The van der Waals surface area contributed by atoms with Crippen LogP contribution in [0.5, 0.6) is 0 Å². The predicted molar refractivity (Wildman–Crippen MR) is 154 cm³/mol. The SMILES string of the molecule is C\C=C/N=C(C(=C/C)/C(=C(C)N1CCN(C(=C=O)OCC)CC1)/C(C)=N\C=C\CC)\C(C)=C(/C)CC. The minimum Gasteiger partial charge on any atom is -0.471 e. The number of piperazine rings is 1. The van der Waals surface area contributed by atoms with Crippen molar-refractivity contribution in [1.29, 1.82) is 0 Å². The summed E-state index contributed by atoms with van der Waals surface area (Å²) in [5.41, 5.74) is 7.74. The van der Waals surface area contributed by atoms with E-state index in [0.717, 1.165) is 54.2 Å². The number of hydrogen-bond acceptors (Lipinski definition) is 6. The van der Waals surface area contributed by atoms with E-state index in [9.17, 15) is 4.79 Å². The average Bonchev–Trinajstić information content (AvgIpc) is 2.90. The third kappa shape index (κ3) is 8.53. The molecule has 1 aliphatic rings. The van der Waals surface area contributed by atoms with Gasteiger partial charge in [-0.15, -0.1) is 0 Å². The van der Waals surface area contributed by atoms with Crippen molar-refractivity contribution in [3.8, 4) is 0 Å². The highest BCUT2D eigenvalue weighted by Gasteiger charge is 2.25. The first kappa shape index (κ1) is 30.9. The van der Waals surface area contributed by atoms with E-state index < -0.39 is 0 Å². The van der Waals surface area contributed by atoms with E-state index in [-0.39, 0.29) is 0 Å². The Hall–Kier alpha value is -3.11. The lowest BCUT2D eigenvalue weighted by molar-refractivity contribution is 0.0897. The number of carbonyl (C=O) groups excluding carboxylic acids is 1.